The van der Waals surface area contributed by atoms with Crippen LogP contribution < -0.4 is 9.78 Å². The van der Waals surface area contributed by atoms with Crippen molar-refractivity contribution in [1.82, 2.24) is 0 Å². The molecule has 1 atom stereocenters. The van der Waals surface area contributed by atoms with Crippen LogP contribution in [0.3, 0.4) is 0 Å². The molecule has 0 fully saturated rings. The Kier molecular flexibility index (Phi) is 4.80. The van der Waals surface area contributed by atoms with Gasteiger partial charge in [-0.3, -0.25) is 0 Å². The average Bonchev–Trinajstić information content (AvgIpc) is 2.95. The summed E-state index contributed by atoms with van der Waals surface area (Å²) < 4.78 is 1.48. The molecule has 102 valence electrons. The van der Waals surface area contributed by atoms with Gasteiger partial charge in [-0.15, -0.1) is 0 Å². The van der Waals surface area contributed by atoms with E-state index in [1.807, 2.05) is 30.0 Å². The van der Waals surface area contributed by atoms with Gasteiger partial charge in [-0.25, -0.2) is 0 Å². The second-order valence-corrected chi connectivity index (χ2v) is 8.08. The molecule has 0 aliphatic carbocycles. The van der Waals surface area contributed by atoms with Crippen LogP contribution in [-0.2, 0) is 0 Å². The number of rotatable bonds is 4. The van der Waals surface area contributed by atoms with E-state index in [4.69, 9.17) is 0 Å². The van der Waals surface area contributed by atoms with Crippen molar-refractivity contribution in [2.75, 3.05) is 11.9 Å². The number of anilines is 1. The monoisotopic (exact) mass is 348 g/mol. The van der Waals surface area contributed by atoms with Gasteiger partial charge >= 0.3 is 130 Å². The van der Waals surface area contributed by atoms with Crippen molar-refractivity contribution in [1.29, 1.82) is 0 Å². The van der Waals surface area contributed by atoms with Crippen molar-refractivity contribution in [3.05, 3.63) is 60.7 Å². The third-order valence-corrected chi connectivity index (χ3v) is 6.97. The maximum atomic E-state index is 4.60. The molecule has 0 amide bonds. The zero-order valence-corrected chi connectivity index (χ0v) is 13.6. The summed E-state index contributed by atoms with van der Waals surface area (Å²) in [6, 6.07) is 21.0. The van der Waals surface area contributed by atoms with Crippen molar-refractivity contribution in [3.8, 4) is 0 Å². The SMILES string of the molecule is c1ccc(NC2=NCC(C[Se]c3ccccc3)S2)cc1. The number of amidine groups is 1. The van der Waals surface area contributed by atoms with E-state index in [-0.39, 0.29) is 0 Å². The maximum absolute atomic E-state index is 4.60. The van der Waals surface area contributed by atoms with Gasteiger partial charge < -0.3 is 0 Å². The number of para-hydroxylation sites is 1. The summed E-state index contributed by atoms with van der Waals surface area (Å²) in [4.78, 5) is 4.60. The van der Waals surface area contributed by atoms with E-state index in [0.717, 1.165) is 17.4 Å². The average molecular weight is 347 g/mol. The molecule has 2 aromatic rings. The van der Waals surface area contributed by atoms with Crippen molar-refractivity contribution < 1.29 is 0 Å². The molecule has 0 radical (unpaired) electrons. The van der Waals surface area contributed by atoms with Crippen molar-refractivity contribution >= 4 is 42.0 Å². The first-order valence-electron chi connectivity index (χ1n) is 6.61. The minimum absolute atomic E-state index is 0.552. The Morgan fingerprint density at radius 1 is 1.05 bits per heavy atom. The van der Waals surface area contributed by atoms with E-state index in [1.54, 1.807) is 0 Å². The second kappa shape index (κ2) is 6.98. The van der Waals surface area contributed by atoms with E-state index in [1.165, 1.54) is 9.78 Å². The topological polar surface area (TPSA) is 24.4 Å². The Morgan fingerprint density at radius 3 is 2.50 bits per heavy atom. The number of nitrogens with zero attached hydrogens (tertiary/aromatic N) is 1. The summed E-state index contributed by atoms with van der Waals surface area (Å²) >= 11 is 2.43. The zero-order valence-electron chi connectivity index (χ0n) is 11.0. The molecule has 0 spiro atoms. The fourth-order valence-corrected chi connectivity index (χ4v) is 5.31. The van der Waals surface area contributed by atoms with Crippen LogP contribution in [-0.4, -0.2) is 31.9 Å². The predicted octanol–water partition coefficient (Wildman–Crippen LogP) is 3.02. The summed E-state index contributed by atoms with van der Waals surface area (Å²) in [6.07, 6.45) is 0. The molecular weight excluding hydrogens is 331 g/mol. The third kappa shape index (κ3) is 3.89. The van der Waals surface area contributed by atoms with Crippen LogP contribution in [0.25, 0.3) is 0 Å². The molecule has 0 saturated heterocycles. The van der Waals surface area contributed by atoms with Crippen molar-refractivity contribution in [3.63, 3.8) is 0 Å². The number of benzene rings is 2. The molecule has 3 rings (SSSR count). The molecule has 1 N–H and O–H groups in total. The van der Waals surface area contributed by atoms with Crippen molar-refractivity contribution in [2.45, 2.75) is 10.6 Å². The third-order valence-electron chi connectivity index (χ3n) is 2.92. The Morgan fingerprint density at radius 2 is 1.75 bits per heavy atom. The van der Waals surface area contributed by atoms with Gasteiger partial charge in [0.25, 0.3) is 0 Å². The van der Waals surface area contributed by atoms with E-state index < -0.39 is 0 Å². The van der Waals surface area contributed by atoms with Crippen LogP contribution in [0.5, 0.6) is 0 Å². The summed E-state index contributed by atoms with van der Waals surface area (Å²) in [5, 5.41) is 6.32. The van der Waals surface area contributed by atoms with Gasteiger partial charge in [-0.05, 0) is 0 Å². The summed E-state index contributed by atoms with van der Waals surface area (Å²) in [5.41, 5.74) is 1.12. The molecule has 1 aliphatic rings. The van der Waals surface area contributed by atoms with Crippen LogP contribution >= 0.6 is 11.8 Å². The molecule has 4 heteroatoms. The Bertz CT molecular complexity index is 572. The van der Waals surface area contributed by atoms with Crippen molar-refractivity contribution in [2.24, 2.45) is 4.99 Å². The van der Waals surface area contributed by atoms with Gasteiger partial charge in [0.15, 0.2) is 0 Å². The minimum atomic E-state index is 0.552. The molecule has 0 saturated carbocycles. The fourth-order valence-electron chi connectivity index (χ4n) is 1.92. The summed E-state index contributed by atoms with van der Waals surface area (Å²) in [6.45, 7) is 0.939. The first-order valence-corrected chi connectivity index (χ1v) is 9.56. The number of thioether (sulfide) groups is 1. The number of nitrogens with one attached hydrogen (secondary N) is 1. The van der Waals surface area contributed by atoms with Gasteiger partial charge in [0.2, 0.25) is 0 Å². The van der Waals surface area contributed by atoms with Gasteiger partial charge in [0.05, 0.1) is 0 Å². The number of aliphatic imine (C=N–C) groups is 1. The summed E-state index contributed by atoms with van der Waals surface area (Å²) in [7, 11) is 0. The van der Waals surface area contributed by atoms with E-state index in [0.29, 0.717) is 20.2 Å². The number of hydrogen-bond donors (Lipinski definition) is 1. The fraction of sp³-hybridized carbons (Fsp3) is 0.188. The Labute approximate surface area is 130 Å². The molecular formula is C16H16N2SSe. The quantitative estimate of drug-likeness (QED) is 0.860. The van der Waals surface area contributed by atoms with Gasteiger partial charge in [-0.2, -0.15) is 0 Å². The van der Waals surface area contributed by atoms with E-state index >= 15 is 0 Å². The molecule has 0 bridgehead atoms. The van der Waals surface area contributed by atoms with E-state index in [2.05, 4.69) is 52.8 Å². The second-order valence-electron chi connectivity index (χ2n) is 4.50. The predicted molar refractivity (Wildman–Crippen MR) is 90.4 cm³/mol. The van der Waals surface area contributed by atoms with Crippen LogP contribution in [0.1, 0.15) is 0 Å². The molecule has 1 heterocycles. The molecule has 2 nitrogen and oxygen atoms in total. The van der Waals surface area contributed by atoms with Gasteiger partial charge in [0, 0.05) is 0 Å². The Balaban J connectivity index is 1.47. The Hall–Kier alpha value is -1.22. The molecule has 2 aromatic carbocycles. The van der Waals surface area contributed by atoms with Gasteiger partial charge in [-0.1, -0.05) is 0 Å². The van der Waals surface area contributed by atoms with Crippen LogP contribution in [0.2, 0.25) is 5.32 Å². The zero-order chi connectivity index (χ0) is 13.6. The normalized spacial score (nSPS) is 17.8. The molecule has 20 heavy (non-hydrogen) atoms. The molecule has 1 unspecified atom stereocenters. The van der Waals surface area contributed by atoms with Crippen LogP contribution in [0.4, 0.5) is 5.69 Å². The first-order chi connectivity index (χ1) is 9.90. The van der Waals surface area contributed by atoms with Gasteiger partial charge in [0.1, 0.15) is 0 Å². The summed E-state index contributed by atoms with van der Waals surface area (Å²) in [5.74, 6) is 0. The standard InChI is InChI=1S/C16H16N2SSe/c1-3-7-13(8-4-1)18-16-17-11-14(19-16)12-20-15-9-5-2-6-10-15/h1-10,14H,11-12H2,(H,17,18). The van der Waals surface area contributed by atoms with E-state index in [9.17, 15) is 0 Å². The molecule has 0 aromatic heterocycles. The molecule has 1 aliphatic heterocycles. The van der Waals surface area contributed by atoms with Crippen LogP contribution in [0.15, 0.2) is 65.7 Å². The number of hydrogen-bond acceptors (Lipinski definition) is 3. The first kappa shape index (κ1) is 13.7. The van der Waals surface area contributed by atoms with Crippen LogP contribution in [0, 0.1) is 0 Å².